The number of nitrogens with zero attached hydrogens (tertiary/aromatic N) is 2. The molecule has 0 amide bonds. The van der Waals surface area contributed by atoms with Crippen molar-refractivity contribution in [2.75, 3.05) is 0 Å². The van der Waals surface area contributed by atoms with E-state index in [2.05, 4.69) is 13.8 Å². The Morgan fingerprint density at radius 3 is 2.26 bits per heavy atom. The van der Waals surface area contributed by atoms with Gasteiger partial charge >= 0.3 is 0 Å². The fraction of sp³-hybridized carbons (Fsp3) is 0.150. The first-order valence-corrected chi connectivity index (χ1v) is 7.60. The Hall–Kier alpha value is -2.68. The lowest BCUT2D eigenvalue weighted by molar-refractivity contribution is 0.627. The Kier molecular flexibility index (Phi) is 4.11. The van der Waals surface area contributed by atoms with Crippen LogP contribution >= 0.6 is 0 Å². The highest BCUT2D eigenvalue weighted by Gasteiger charge is 2.19. The summed E-state index contributed by atoms with van der Waals surface area (Å²) in [5.74, 6) is 0.768. The van der Waals surface area contributed by atoms with Crippen LogP contribution in [0.2, 0.25) is 0 Å². The molecule has 0 unspecified atom stereocenters. The molecule has 3 heteroatoms. The van der Waals surface area contributed by atoms with Crippen molar-refractivity contribution in [2.45, 2.75) is 19.8 Å². The molecule has 0 aliphatic rings. The molecule has 115 valence electrons. The van der Waals surface area contributed by atoms with Crippen molar-refractivity contribution in [1.82, 2.24) is 9.55 Å². The number of hydrogen-bond acceptors (Lipinski definition) is 1. The maximum atomic E-state index is 13.3. The van der Waals surface area contributed by atoms with Gasteiger partial charge in [-0.2, -0.15) is 0 Å². The van der Waals surface area contributed by atoms with Gasteiger partial charge in [-0.25, -0.2) is 9.37 Å². The van der Waals surface area contributed by atoms with Crippen molar-refractivity contribution in [1.29, 1.82) is 0 Å². The predicted molar refractivity (Wildman–Crippen MR) is 91.8 cm³/mol. The quantitative estimate of drug-likeness (QED) is 0.644. The second kappa shape index (κ2) is 6.21. The monoisotopic (exact) mass is 305 g/mol. The number of benzene rings is 2. The van der Waals surface area contributed by atoms with Crippen molar-refractivity contribution >= 4 is 6.08 Å². The summed E-state index contributed by atoms with van der Waals surface area (Å²) < 4.78 is 15.3. The normalized spacial score (nSPS) is 11.0. The van der Waals surface area contributed by atoms with E-state index in [0.29, 0.717) is 0 Å². The van der Waals surface area contributed by atoms with Gasteiger partial charge in [-0.15, -0.1) is 0 Å². The number of hydrogen-bond donors (Lipinski definition) is 0. The second-order valence-corrected chi connectivity index (χ2v) is 5.71. The molecular formula is C20H18FN2. The lowest BCUT2D eigenvalue weighted by atomic mass is 10.1. The minimum atomic E-state index is -0.266. The summed E-state index contributed by atoms with van der Waals surface area (Å²) in [5.41, 5.74) is 3.59. The molecule has 3 aromatic rings. The van der Waals surface area contributed by atoms with Gasteiger partial charge in [0.25, 0.3) is 0 Å². The van der Waals surface area contributed by atoms with Crippen molar-refractivity contribution in [3.8, 4) is 17.1 Å². The Morgan fingerprint density at radius 1 is 1.04 bits per heavy atom. The number of imidazole rings is 1. The van der Waals surface area contributed by atoms with Crippen LogP contribution in [0.1, 0.15) is 31.2 Å². The van der Waals surface area contributed by atoms with Gasteiger partial charge in [0.05, 0.1) is 11.4 Å². The van der Waals surface area contributed by atoms with Gasteiger partial charge in [0.15, 0.2) is 0 Å². The largest absolute Gasteiger partial charge is 0.293 e. The van der Waals surface area contributed by atoms with Crippen LogP contribution in [0.25, 0.3) is 23.2 Å². The van der Waals surface area contributed by atoms with Crippen LogP contribution in [0.15, 0.2) is 54.6 Å². The van der Waals surface area contributed by atoms with E-state index < -0.39 is 0 Å². The van der Waals surface area contributed by atoms with E-state index in [-0.39, 0.29) is 11.7 Å². The summed E-state index contributed by atoms with van der Waals surface area (Å²) in [6.07, 6.45) is 1.57. The van der Waals surface area contributed by atoms with Gasteiger partial charge in [0.1, 0.15) is 11.6 Å². The van der Waals surface area contributed by atoms with Crippen LogP contribution in [0.3, 0.4) is 0 Å². The van der Waals surface area contributed by atoms with Gasteiger partial charge in [-0.1, -0.05) is 50.8 Å². The Labute approximate surface area is 135 Å². The number of aromatic nitrogens is 2. The first-order chi connectivity index (χ1) is 11.1. The van der Waals surface area contributed by atoms with E-state index in [4.69, 9.17) is 11.6 Å². The zero-order valence-electron chi connectivity index (χ0n) is 13.2. The van der Waals surface area contributed by atoms with Crippen molar-refractivity contribution in [3.05, 3.63) is 78.4 Å². The lowest BCUT2D eigenvalue weighted by Crippen LogP contribution is -2.00. The molecule has 0 spiro atoms. The van der Waals surface area contributed by atoms with E-state index in [1.807, 2.05) is 34.9 Å². The molecule has 0 aliphatic carbocycles. The average Bonchev–Trinajstić information content (AvgIpc) is 2.96. The van der Waals surface area contributed by atoms with Crippen LogP contribution in [0, 0.1) is 12.4 Å². The van der Waals surface area contributed by atoms with Gasteiger partial charge in [-0.05, 0) is 36.3 Å². The van der Waals surface area contributed by atoms with E-state index in [1.54, 1.807) is 18.2 Å². The second-order valence-electron chi connectivity index (χ2n) is 5.71. The minimum absolute atomic E-state index is 0.231. The third-order valence-corrected chi connectivity index (χ3v) is 3.76. The number of rotatable bonds is 4. The summed E-state index contributed by atoms with van der Waals surface area (Å²) >= 11 is 0. The van der Waals surface area contributed by atoms with Crippen LogP contribution in [0.4, 0.5) is 4.39 Å². The lowest BCUT2D eigenvalue weighted by Gasteiger charge is -2.11. The van der Waals surface area contributed by atoms with Crippen molar-refractivity contribution in [3.63, 3.8) is 0 Å². The van der Waals surface area contributed by atoms with Crippen LogP contribution in [0.5, 0.6) is 0 Å². The molecule has 0 saturated heterocycles. The smallest absolute Gasteiger partial charge is 0.145 e. The SMILES string of the molecule is [CH]=Cc1c(C(C)C)nc(-c2ccccc2)n1-c1ccc(F)cc1. The Bertz CT molecular complexity index is 815. The molecule has 0 fully saturated rings. The highest BCUT2D eigenvalue weighted by atomic mass is 19.1. The van der Waals surface area contributed by atoms with Gasteiger partial charge in [0, 0.05) is 11.3 Å². The maximum Gasteiger partial charge on any atom is 0.145 e. The van der Waals surface area contributed by atoms with Gasteiger partial charge in [-0.3, -0.25) is 4.57 Å². The zero-order valence-corrected chi connectivity index (χ0v) is 13.2. The van der Waals surface area contributed by atoms with Crippen LogP contribution < -0.4 is 0 Å². The first kappa shape index (κ1) is 15.2. The molecule has 0 N–H and O–H groups in total. The molecule has 0 aliphatic heterocycles. The minimum Gasteiger partial charge on any atom is -0.293 e. The Morgan fingerprint density at radius 2 is 1.70 bits per heavy atom. The topological polar surface area (TPSA) is 17.8 Å². The molecule has 2 nitrogen and oxygen atoms in total. The van der Waals surface area contributed by atoms with Crippen molar-refractivity contribution in [2.24, 2.45) is 0 Å². The van der Waals surface area contributed by atoms with E-state index in [1.165, 1.54) is 12.1 Å². The molecule has 2 aromatic carbocycles. The van der Waals surface area contributed by atoms with Crippen molar-refractivity contribution < 1.29 is 4.39 Å². The molecule has 1 radical (unpaired) electrons. The number of halogens is 1. The molecule has 3 rings (SSSR count). The van der Waals surface area contributed by atoms with Gasteiger partial charge in [0.2, 0.25) is 0 Å². The molecule has 1 heterocycles. The summed E-state index contributed by atoms with van der Waals surface area (Å²) in [5, 5.41) is 0. The Balaban J connectivity index is 2.30. The third kappa shape index (κ3) is 2.82. The third-order valence-electron chi connectivity index (χ3n) is 3.76. The molecule has 0 bridgehead atoms. The summed E-state index contributed by atoms with van der Waals surface area (Å²) in [4.78, 5) is 4.81. The maximum absolute atomic E-state index is 13.3. The summed E-state index contributed by atoms with van der Waals surface area (Å²) in [7, 11) is 0. The highest BCUT2D eigenvalue weighted by molar-refractivity contribution is 5.65. The fourth-order valence-electron chi connectivity index (χ4n) is 2.67. The summed E-state index contributed by atoms with van der Waals surface area (Å²) in [6, 6.07) is 16.3. The fourth-order valence-corrected chi connectivity index (χ4v) is 2.67. The molecule has 0 saturated carbocycles. The molecular weight excluding hydrogens is 287 g/mol. The molecule has 1 aromatic heterocycles. The zero-order chi connectivity index (χ0) is 16.4. The predicted octanol–water partition coefficient (Wildman–Crippen LogP) is 5.25. The van der Waals surface area contributed by atoms with Crippen LogP contribution in [-0.4, -0.2) is 9.55 Å². The first-order valence-electron chi connectivity index (χ1n) is 7.60. The van der Waals surface area contributed by atoms with E-state index >= 15 is 0 Å². The molecule has 23 heavy (non-hydrogen) atoms. The molecule has 0 atom stereocenters. The van der Waals surface area contributed by atoms with E-state index in [9.17, 15) is 4.39 Å². The highest BCUT2D eigenvalue weighted by Crippen LogP contribution is 2.30. The summed E-state index contributed by atoms with van der Waals surface area (Å²) in [6.45, 7) is 10.1. The average molecular weight is 305 g/mol. The van der Waals surface area contributed by atoms with Crippen LogP contribution in [-0.2, 0) is 0 Å². The van der Waals surface area contributed by atoms with E-state index in [0.717, 1.165) is 28.5 Å². The van der Waals surface area contributed by atoms with Gasteiger partial charge < -0.3 is 0 Å². The standard InChI is InChI=1S/C20H18FN2/c1-4-18-19(14(2)3)22-20(15-8-6-5-7-9-15)23(18)17-12-10-16(21)11-13-17/h1,4-14H,2-3H3.